The van der Waals surface area contributed by atoms with E-state index in [0.29, 0.717) is 30.5 Å². The maximum Gasteiger partial charge on any atom is 0.315 e. The van der Waals surface area contributed by atoms with E-state index in [2.05, 4.69) is 58.9 Å². The second-order valence-electron chi connectivity index (χ2n) is 5.55. The largest absolute Gasteiger partial charge is 0.407 e. The second kappa shape index (κ2) is 5.63. The maximum atomic E-state index is 5.60. The van der Waals surface area contributed by atoms with Crippen molar-refractivity contribution in [3.63, 3.8) is 0 Å². The van der Waals surface area contributed by atoms with Crippen molar-refractivity contribution in [2.45, 2.75) is 45.3 Å². The van der Waals surface area contributed by atoms with Gasteiger partial charge >= 0.3 is 6.01 Å². The predicted molar refractivity (Wildman–Crippen MR) is 77.5 cm³/mol. The van der Waals surface area contributed by atoms with Crippen molar-refractivity contribution >= 4 is 6.01 Å². The Kier molecular flexibility index (Phi) is 3.69. The van der Waals surface area contributed by atoms with Crippen LogP contribution in [0.15, 0.2) is 28.7 Å². The van der Waals surface area contributed by atoms with E-state index in [9.17, 15) is 0 Å². The Morgan fingerprint density at radius 2 is 1.90 bits per heavy atom. The van der Waals surface area contributed by atoms with Crippen molar-refractivity contribution in [2.75, 3.05) is 5.32 Å². The average molecular weight is 272 g/mol. The van der Waals surface area contributed by atoms with E-state index < -0.39 is 0 Å². The molecule has 0 unspecified atom stereocenters. The van der Waals surface area contributed by atoms with E-state index in [1.54, 1.807) is 0 Å². The van der Waals surface area contributed by atoms with Gasteiger partial charge in [0.15, 0.2) is 0 Å². The average Bonchev–Trinajstić information content (AvgIpc) is 3.02. The lowest BCUT2D eigenvalue weighted by Gasteiger charge is -2.08. The number of rotatable bonds is 5. The molecule has 0 saturated heterocycles. The summed E-state index contributed by atoms with van der Waals surface area (Å²) < 4.78 is 5.60. The van der Waals surface area contributed by atoms with Crippen LogP contribution in [0.1, 0.15) is 30.9 Å². The first-order valence-corrected chi connectivity index (χ1v) is 7.10. The van der Waals surface area contributed by atoms with Gasteiger partial charge in [0.25, 0.3) is 0 Å². The molecule has 1 aliphatic rings. The highest BCUT2D eigenvalue weighted by molar-refractivity contribution is 5.37. The second-order valence-corrected chi connectivity index (χ2v) is 5.55. The summed E-state index contributed by atoms with van der Waals surface area (Å²) in [5.41, 5.74) is 2.82. The van der Waals surface area contributed by atoms with Crippen molar-refractivity contribution in [2.24, 2.45) is 0 Å². The van der Waals surface area contributed by atoms with Gasteiger partial charge in [-0.1, -0.05) is 43.2 Å². The van der Waals surface area contributed by atoms with Crippen molar-refractivity contribution < 1.29 is 4.42 Å². The Bertz CT molecular complexity index is 554. The molecular weight excluding hydrogens is 252 g/mol. The fourth-order valence-electron chi connectivity index (χ4n) is 2.51. The first-order chi connectivity index (χ1) is 9.70. The quantitative estimate of drug-likeness (QED) is 0.873. The molecule has 2 N–H and O–H groups in total. The van der Waals surface area contributed by atoms with Gasteiger partial charge in [-0.05, 0) is 24.0 Å². The van der Waals surface area contributed by atoms with Crippen molar-refractivity contribution in [1.29, 1.82) is 0 Å². The standard InChI is InChI=1S/C15H20N4O/c1-10(2)16-9-14-18-19-15(20-14)17-13-7-11-5-3-4-6-12(11)8-13/h3-6,10,13,16H,7-9H2,1-2H3,(H,17,19). The first kappa shape index (κ1) is 13.1. The van der Waals surface area contributed by atoms with Crippen LogP contribution in [-0.2, 0) is 19.4 Å². The van der Waals surface area contributed by atoms with Gasteiger partial charge < -0.3 is 15.1 Å². The third-order valence-corrected chi connectivity index (χ3v) is 3.51. The number of anilines is 1. The van der Waals surface area contributed by atoms with Crippen molar-refractivity contribution in [3.05, 3.63) is 41.3 Å². The van der Waals surface area contributed by atoms with Crippen LogP contribution in [-0.4, -0.2) is 22.3 Å². The Hall–Kier alpha value is -1.88. The molecule has 0 atom stereocenters. The lowest BCUT2D eigenvalue weighted by Crippen LogP contribution is -2.22. The van der Waals surface area contributed by atoms with Crippen LogP contribution in [0, 0.1) is 0 Å². The van der Waals surface area contributed by atoms with Crippen LogP contribution in [0.25, 0.3) is 0 Å². The van der Waals surface area contributed by atoms with Crippen LogP contribution in [0.4, 0.5) is 6.01 Å². The molecule has 0 amide bonds. The van der Waals surface area contributed by atoms with Crippen LogP contribution in [0.2, 0.25) is 0 Å². The van der Waals surface area contributed by atoms with E-state index in [-0.39, 0.29) is 0 Å². The van der Waals surface area contributed by atoms with E-state index in [1.165, 1.54) is 11.1 Å². The number of hydrogen-bond donors (Lipinski definition) is 2. The van der Waals surface area contributed by atoms with E-state index in [4.69, 9.17) is 4.42 Å². The Balaban J connectivity index is 1.57. The molecule has 1 aromatic carbocycles. The van der Waals surface area contributed by atoms with Crippen molar-refractivity contribution in [3.8, 4) is 0 Å². The lowest BCUT2D eigenvalue weighted by molar-refractivity contribution is 0.455. The molecule has 1 aliphatic carbocycles. The first-order valence-electron chi connectivity index (χ1n) is 7.10. The monoisotopic (exact) mass is 272 g/mol. The molecule has 106 valence electrons. The Morgan fingerprint density at radius 3 is 2.55 bits per heavy atom. The van der Waals surface area contributed by atoms with Crippen LogP contribution >= 0.6 is 0 Å². The Morgan fingerprint density at radius 1 is 1.20 bits per heavy atom. The van der Waals surface area contributed by atoms with Gasteiger partial charge in [0.05, 0.1) is 6.54 Å². The highest BCUT2D eigenvalue weighted by Crippen LogP contribution is 2.23. The van der Waals surface area contributed by atoms with E-state index >= 15 is 0 Å². The topological polar surface area (TPSA) is 63.0 Å². The summed E-state index contributed by atoms with van der Waals surface area (Å²) in [5.74, 6) is 0.622. The molecule has 5 nitrogen and oxygen atoms in total. The molecule has 0 radical (unpaired) electrons. The van der Waals surface area contributed by atoms with Crippen molar-refractivity contribution in [1.82, 2.24) is 15.5 Å². The fourth-order valence-corrected chi connectivity index (χ4v) is 2.51. The van der Waals surface area contributed by atoms with Crippen LogP contribution in [0.5, 0.6) is 0 Å². The summed E-state index contributed by atoms with van der Waals surface area (Å²) in [5, 5.41) is 14.7. The predicted octanol–water partition coefficient (Wildman–Crippen LogP) is 2.15. The maximum absolute atomic E-state index is 5.60. The van der Waals surface area contributed by atoms with Gasteiger partial charge in [-0.2, -0.15) is 0 Å². The number of fused-ring (bicyclic) bond motifs is 1. The van der Waals surface area contributed by atoms with Gasteiger partial charge in [0, 0.05) is 12.1 Å². The molecule has 0 saturated carbocycles. The van der Waals surface area contributed by atoms with Gasteiger partial charge in [-0.25, -0.2) is 0 Å². The van der Waals surface area contributed by atoms with E-state index in [1.807, 2.05) is 0 Å². The van der Waals surface area contributed by atoms with Gasteiger partial charge in [-0.15, -0.1) is 5.10 Å². The lowest BCUT2D eigenvalue weighted by atomic mass is 10.1. The van der Waals surface area contributed by atoms with Crippen LogP contribution < -0.4 is 10.6 Å². The summed E-state index contributed by atoms with van der Waals surface area (Å²) in [6.45, 7) is 4.79. The smallest absolute Gasteiger partial charge is 0.315 e. The molecule has 3 rings (SSSR count). The molecule has 5 heteroatoms. The molecule has 1 aromatic heterocycles. The molecular formula is C15H20N4O. The summed E-state index contributed by atoms with van der Waals surface area (Å²) in [6, 6.07) is 9.81. The molecule has 1 heterocycles. The Labute approximate surface area is 118 Å². The zero-order chi connectivity index (χ0) is 13.9. The summed E-state index contributed by atoms with van der Waals surface area (Å²) in [4.78, 5) is 0. The number of aromatic nitrogens is 2. The molecule has 0 fully saturated rings. The number of benzene rings is 1. The molecule has 2 aromatic rings. The van der Waals surface area contributed by atoms with E-state index in [0.717, 1.165) is 12.8 Å². The molecule has 20 heavy (non-hydrogen) atoms. The van der Waals surface area contributed by atoms with Gasteiger partial charge in [0.2, 0.25) is 5.89 Å². The SMILES string of the molecule is CC(C)NCc1nnc(NC2Cc3ccccc3C2)o1. The molecule has 0 bridgehead atoms. The highest BCUT2D eigenvalue weighted by atomic mass is 16.4. The molecule has 0 aliphatic heterocycles. The third-order valence-electron chi connectivity index (χ3n) is 3.51. The minimum Gasteiger partial charge on any atom is -0.407 e. The minimum atomic E-state index is 0.346. The molecule has 0 spiro atoms. The van der Waals surface area contributed by atoms with Crippen LogP contribution in [0.3, 0.4) is 0 Å². The summed E-state index contributed by atoms with van der Waals surface area (Å²) >= 11 is 0. The number of hydrogen-bond acceptors (Lipinski definition) is 5. The van der Waals surface area contributed by atoms with Gasteiger partial charge in [0.1, 0.15) is 0 Å². The van der Waals surface area contributed by atoms with Gasteiger partial charge in [-0.3, -0.25) is 0 Å². The normalized spacial score (nSPS) is 14.8. The summed E-state index contributed by atoms with van der Waals surface area (Å²) in [6.07, 6.45) is 2.02. The highest BCUT2D eigenvalue weighted by Gasteiger charge is 2.22. The zero-order valence-corrected chi connectivity index (χ0v) is 11.9. The minimum absolute atomic E-state index is 0.346. The third kappa shape index (κ3) is 2.99. The zero-order valence-electron chi connectivity index (χ0n) is 11.9. The fraction of sp³-hybridized carbons (Fsp3) is 0.467. The summed E-state index contributed by atoms with van der Waals surface area (Å²) in [7, 11) is 0. The number of nitrogens with one attached hydrogen (secondary N) is 2. The number of nitrogens with zero attached hydrogens (tertiary/aromatic N) is 2.